The van der Waals surface area contributed by atoms with Gasteiger partial charge in [-0.05, 0) is 32.4 Å². The summed E-state index contributed by atoms with van der Waals surface area (Å²) >= 11 is 0. The van der Waals surface area contributed by atoms with Gasteiger partial charge in [-0.1, -0.05) is 0 Å². The molecule has 0 radical (unpaired) electrons. The number of nitrogens with zero attached hydrogens (tertiary/aromatic N) is 1. The molecule has 2 rings (SSSR count). The first-order valence-electron chi connectivity index (χ1n) is 8.53. The molecule has 1 aliphatic rings. The van der Waals surface area contributed by atoms with Crippen LogP contribution >= 0.6 is 0 Å². The van der Waals surface area contributed by atoms with E-state index in [0.717, 1.165) is 0 Å². The number of hydrogen-bond donors (Lipinski definition) is 1. The van der Waals surface area contributed by atoms with Crippen molar-refractivity contribution in [1.82, 2.24) is 4.90 Å². The van der Waals surface area contributed by atoms with E-state index < -0.39 is 33.1 Å². The number of carbonyl (C=O) groups is 2. The Morgan fingerprint density at radius 3 is 2.33 bits per heavy atom. The molecule has 1 aromatic rings. The fourth-order valence-electron chi connectivity index (χ4n) is 2.99. The second-order valence-corrected chi connectivity index (χ2v) is 9.35. The molecule has 0 aliphatic carbocycles. The van der Waals surface area contributed by atoms with Crippen molar-refractivity contribution < 1.29 is 27.5 Å². The van der Waals surface area contributed by atoms with Gasteiger partial charge in [-0.25, -0.2) is 8.42 Å². The second-order valence-electron chi connectivity index (χ2n) is 7.12. The number of nitrogens with one attached hydrogen (secondary N) is 1. The molecule has 27 heavy (non-hydrogen) atoms. The highest BCUT2D eigenvalue weighted by Gasteiger charge is 2.42. The lowest BCUT2D eigenvalue weighted by Crippen LogP contribution is -2.49. The molecular formula is C18H26N2O6S. The third-order valence-electron chi connectivity index (χ3n) is 4.82. The molecule has 1 saturated heterocycles. The first-order valence-corrected chi connectivity index (χ1v) is 10.3. The minimum absolute atomic E-state index is 0.0631. The quantitative estimate of drug-likeness (QED) is 0.725. The Labute approximate surface area is 159 Å². The first-order chi connectivity index (χ1) is 12.5. The van der Waals surface area contributed by atoms with E-state index in [0.29, 0.717) is 23.6 Å². The monoisotopic (exact) mass is 398 g/mol. The lowest BCUT2D eigenvalue weighted by molar-refractivity contribution is -0.146. The van der Waals surface area contributed by atoms with E-state index >= 15 is 0 Å². The van der Waals surface area contributed by atoms with Crippen LogP contribution in [0.3, 0.4) is 0 Å². The van der Waals surface area contributed by atoms with Crippen LogP contribution in [0.5, 0.6) is 11.5 Å². The van der Waals surface area contributed by atoms with Gasteiger partial charge in [-0.15, -0.1) is 0 Å². The molecule has 0 bridgehead atoms. The van der Waals surface area contributed by atoms with Gasteiger partial charge in [-0.2, -0.15) is 0 Å². The molecule has 1 heterocycles. The molecule has 1 aromatic carbocycles. The van der Waals surface area contributed by atoms with E-state index in [1.54, 1.807) is 25.2 Å². The summed E-state index contributed by atoms with van der Waals surface area (Å²) < 4.78 is 33.7. The van der Waals surface area contributed by atoms with Crippen LogP contribution < -0.4 is 14.8 Å². The normalized spacial score (nSPS) is 18.6. The summed E-state index contributed by atoms with van der Waals surface area (Å²) in [6.45, 7) is 3.04. The van der Waals surface area contributed by atoms with Gasteiger partial charge in [0.15, 0.2) is 21.3 Å². The molecule has 9 heteroatoms. The van der Waals surface area contributed by atoms with Gasteiger partial charge in [0.05, 0.1) is 25.7 Å². The number of sulfone groups is 1. The van der Waals surface area contributed by atoms with Crippen molar-refractivity contribution in [1.29, 1.82) is 0 Å². The predicted molar refractivity (Wildman–Crippen MR) is 102 cm³/mol. The molecular weight excluding hydrogens is 372 g/mol. The van der Waals surface area contributed by atoms with Crippen molar-refractivity contribution >= 4 is 27.3 Å². The standard InChI is InChI=1S/C18H26N2O6S/c1-18(2,17(22)20(3)13-8-9-27(23,24)11-13)16(21)19-12-6-7-14(25-4)15(10-12)26-5/h6-7,10,13H,8-9,11H2,1-5H3,(H,19,21). The van der Waals surface area contributed by atoms with E-state index in [-0.39, 0.29) is 11.5 Å². The van der Waals surface area contributed by atoms with Crippen LogP contribution in [-0.2, 0) is 19.4 Å². The van der Waals surface area contributed by atoms with Gasteiger partial charge in [0, 0.05) is 24.8 Å². The SMILES string of the molecule is COc1ccc(NC(=O)C(C)(C)C(=O)N(C)C2CCS(=O)(=O)C2)cc1OC. The maximum Gasteiger partial charge on any atom is 0.239 e. The highest BCUT2D eigenvalue weighted by molar-refractivity contribution is 7.91. The smallest absolute Gasteiger partial charge is 0.239 e. The molecule has 1 aliphatic heterocycles. The summed E-state index contributed by atoms with van der Waals surface area (Å²) in [4.78, 5) is 26.9. The Hall–Kier alpha value is -2.29. The van der Waals surface area contributed by atoms with Crippen molar-refractivity contribution in [2.24, 2.45) is 5.41 Å². The molecule has 1 fully saturated rings. The number of ether oxygens (including phenoxy) is 2. The number of anilines is 1. The first kappa shape index (κ1) is 21.0. The van der Waals surface area contributed by atoms with Crippen molar-refractivity contribution in [3.63, 3.8) is 0 Å². The van der Waals surface area contributed by atoms with Crippen molar-refractivity contribution in [2.45, 2.75) is 26.3 Å². The molecule has 2 amide bonds. The van der Waals surface area contributed by atoms with Gasteiger partial charge in [-0.3, -0.25) is 9.59 Å². The van der Waals surface area contributed by atoms with Crippen molar-refractivity contribution in [3.8, 4) is 11.5 Å². The fraction of sp³-hybridized carbons (Fsp3) is 0.556. The maximum atomic E-state index is 12.8. The number of benzene rings is 1. The third kappa shape index (κ3) is 4.52. The van der Waals surface area contributed by atoms with E-state index in [9.17, 15) is 18.0 Å². The van der Waals surface area contributed by atoms with Crippen LogP contribution in [-0.4, -0.2) is 63.9 Å². The van der Waals surface area contributed by atoms with Gasteiger partial charge >= 0.3 is 0 Å². The van der Waals surface area contributed by atoms with Crippen LogP contribution in [0.4, 0.5) is 5.69 Å². The zero-order valence-corrected chi connectivity index (χ0v) is 17.1. The van der Waals surface area contributed by atoms with Crippen LogP contribution in [0.15, 0.2) is 18.2 Å². The van der Waals surface area contributed by atoms with E-state index in [1.165, 1.54) is 33.0 Å². The Bertz CT molecular complexity index is 834. The zero-order chi connectivity index (χ0) is 20.4. The average Bonchev–Trinajstić information content (AvgIpc) is 2.99. The van der Waals surface area contributed by atoms with E-state index in [4.69, 9.17) is 9.47 Å². The largest absolute Gasteiger partial charge is 0.493 e. The number of amides is 2. The maximum absolute atomic E-state index is 12.8. The minimum atomic E-state index is -3.12. The molecule has 1 atom stereocenters. The molecule has 0 spiro atoms. The Kier molecular flexibility index (Phi) is 6.04. The summed E-state index contributed by atoms with van der Waals surface area (Å²) in [5.41, 5.74) is -0.904. The molecule has 1 N–H and O–H groups in total. The second kappa shape index (κ2) is 7.75. The summed E-state index contributed by atoms with van der Waals surface area (Å²) in [5, 5.41) is 2.71. The molecule has 150 valence electrons. The Balaban J connectivity index is 2.13. The highest BCUT2D eigenvalue weighted by Crippen LogP contribution is 2.31. The summed E-state index contributed by atoms with van der Waals surface area (Å²) in [6.07, 6.45) is 0.387. The van der Waals surface area contributed by atoms with Crippen molar-refractivity contribution in [3.05, 3.63) is 18.2 Å². The topological polar surface area (TPSA) is 102 Å². The van der Waals surface area contributed by atoms with E-state index in [1.807, 2.05) is 0 Å². The lowest BCUT2D eigenvalue weighted by atomic mass is 9.89. The van der Waals surface area contributed by atoms with Crippen LogP contribution in [0, 0.1) is 5.41 Å². The molecule has 0 saturated carbocycles. The average molecular weight is 398 g/mol. The van der Waals surface area contributed by atoms with Crippen LogP contribution in [0.2, 0.25) is 0 Å². The minimum Gasteiger partial charge on any atom is -0.493 e. The Morgan fingerprint density at radius 2 is 1.81 bits per heavy atom. The zero-order valence-electron chi connectivity index (χ0n) is 16.2. The summed E-state index contributed by atoms with van der Waals surface area (Å²) in [6, 6.07) is 4.49. The van der Waals surface area contributed by atoms with E-state index in [2.05, 4.69) is 5.32 Å². The highest BCUT2D eigenvalue weighted by atomic mass is 32.2. The number of methoxy groups -OCH3 is 2. The fourth-order valence-corrected chi connectivity index (χ4v) is 4.76. The lowest BCUT2D eigenvalue weighted by Gasteiger charge is -2.31. The van der Waals surface area contributed by atoms with Gasteiger partial charge in [0.2, 0.25) is 11.8 Å². The number of hydrogen-bond acceptors (Lipinski definition) is 6. The third-order valence-corrected chi connectivity index (χ3v) is 6.57. The Morgan fingerprint density at radius 1 is 1.19 bits per heavy atom. The van der Waals surface area contributed by atoms with Gasteiger partial charge in [0.1, 0.15) is 5.41 Å². The van der Waals surface area contributed by atoms with Gasteiger partial charge in [0.25, 0.3) is 0 Å². The summed E-state index contributed by atoms with van der Waals surface area (Å²) in [7, 11) is 1.42. The summed E-state index contributed by atoms with van der Waals surface area (Å²) in [5.74, 6) is 0.0478. The molecule has 8 nitrogen and oxygen atoms in total. The number of carbonyl (C=O) groups excluding carboxylic acids is 2. The molecule has 0 aromatic heterocycles. The predicted octanol–water partition coefficient (Wildman–Crippen LogP) is 1.31. The van der Waals surface area contributed by atoms with Crippen molar-refractivity contribution in [2.75, 3.05) is 38.1 Å². The number of rotatable bonds is 6. The molecule has 1 unspecified atom stereocenters. The van der Waals surface area contributed by atoms with Gasteiger partial charge < -0.3 is 19.7 Å². The van der Waals surface area contributed by atoms with Crippen LogP contribution in [0.1, 0.15) is 20.3 Å². The van der Waals surface area contributed by atoms with Crippen LogP contribution in [0.25, 0.3) is 0 Å².